The summed E-state index contributed by atoms with van der Waals surface area (Å²) in [5.41, 5.74) is 7.95. The Labute approximate surface area is 117 Å². The molecule has 5 nitrogen and oxygen atoms in total. The molecule has 0 saturated carbocycles. The summed E-state index contributed by atoms with van der Waals surface area (Å²) in [6.07, 6.45) is 3.14. The van der Waals surface area contributed by atoms with Gasteiger partial charge in [0.1, 0.15) is 5.82 Å². The molecule has 1 aromatic heterocycles. The third kappa shape index (κ3) is 4.42. The van der Waals surface area contributed by atoms with Crippen LogP contribution in [-0.2, 0) is 13.5 Å². The smallest absolute Gasteiger partial charge is 0.147 e. The molecule has 0 saturated heterocycles. The van der Waals surface area contributed by atoms with E-state index < -0.39 is 0 Å². The Bertz CT molecular complexity index is 368. The van der Waals surface area contributed by atoms with Crippen molar-refractivity contribution in [3.63, 3.8) is 0 Å². The van der Waals surface area contributed by atoms with Crippen LogP contribution < -0.4 is 11.1 Å². The molecule has 0 unspecified atom stereocenters. The first-order chi connectivity index (χ1) is 9.13. The van der Waals surface area contributed by atoms with Gasteiger partial charge in [-0.25, -0.2) is 0 Å². The van der Waals surface area contributed by atoms with Gasteiger partial charge in [-0.3, -0.25) is 4.68 Å². The van der Waals surface area contributed by atoms with Crippen molar-refractivity contribution < 1.29 is 0 Å². The van der Waals surface area contributed by atoms with Gasteiger partial charge in [0, 0.05) is 13.6 Å². The molecule has 3 N–H and O–H groups in total. The lowest BCUT2D eigenvalue weighted by Crippen LogP contribution is -2.25. The Morgan fingerprint density at radius 3 is 2.53 bits per heavy atom. The highest BCUT2D eigenvalue weighted by atomic mass is 15.3. The van der Waals surface area contributed by atoms with Crippen molar-refractivity contribution in [2.75, 3.05) is 37.2 Å². The van der Waals surface area contributed by atoms with E-state index in [2.05, 4.69) is 36.1 Å². The Morgan fingerprint density at radius 1 is 1.26 bits per heavy atom. The molecule has 0 amide bonds. The van der Waals surface area contributed by atoms with Crippen LogP contribution in [0, 0.1) is 0 Å². The lowest BCUT2D eigenvalue weighted by Gasteiger charge is -2.18. The fraction of sp³-hybridized carbons (Fsp3) is 0.786. The number of anilines is 2. The van der Waals surface area contributed by atoms with E-state index in [9.17, 15) is 0 Å². The van der Waals surface area contributed by atoms with Crippen molar-refractivity contribution >= 4 is 11.5 Å². The number of nitrogens with one attached hydrogen (secondary N) is 1. The van der Waals surface area contributed by atoms with Crippen molar-refractivity contribution in [1.29, 1.82) is 0 Å². The van der Waals surface area contributed by atoms with Gasteiger partial charge in [0.15, 0.2) is 0 Å². The van der Waals surface area contributed by atoms with Gasteiger partial charge in [0.05, 0.1) is 11.4 Å². The zero-order valence-electron chi connectivity index (χ0n) is 12.9. The largest absolute Gasteiger partial charge is 0.394 e. The molecule has 0 aliphatic heterocycles. The summed E-state index contributed by atoms with van der Waals surface area (Å²) in [5, 5.41) is 7.88. The molecule has 19 heavy (non-hydrogen) atoms. The molecule has 1 heterocycles. The highest BCUT2D eigenvalue weighted by Crippen LogP contribution is 2.22. The average molecular weight is 267 g/mol. The van der Waals surface area contributed by atoms with Gasteiger partial charge in [-0.1, -0.05) is 27.2 Å². The molecule has 0 bridgehead atoms. The maximum Gasteiger partial charge on any atom is 0.147 e. The highest BCUT2D eigenvalue weighted by molar-refractivity contribution is 5.64. The summed E-state index contributed by atoms with van der Waals surface area (Å²) in [7, 11) is 1.95. The molecule has 0 aliphatic rings. The van der Waals surface area contributed by atoms with Crippen LogP contribution in [0.15, 0.2) is 0 Å². The first-order valence-corrected chi connectivity index (χ1v) is 7.41. The van der Waals surface area contributed by atoms with E-state index >= 15 is 0 Å². The number of hydrogen-bond acceptors (Lipinski definition) is 4. The number of nitrogens with two attached hydrogens (primary N) is 1. The van der Waals surface area contributed by atoms with E-state index in [1.165, 1.54) is 0 Å². The number of aryl methyl sites for hydroxylation is 2. The third-order valence-corrected chi connectivity index (χ3v) is 3.49. The molecule has 0 aromatic carbocycles. The number of rotatable bonds is 9. The fourth-order valence-electron chi connectivity index (χ4n) is 2.28. The van der Waals surface area contributed by atoms with Crippen LogP contribution in [0.25, 0.3) is 0 Å². The first kappa shape index (κ1) is 15.8. The van der Waals surface area contributed by atoms with Gasteiger partial charge < -0.3 is 16.0 Å². The van der Waals surface area contributed by atoms with E-state index in [1.807, 2.05) is 11.7 Å². The van der Waals surface area contributed by atoms with Gasteiger partial charge >= 0.3 is 0 Å². The van der Waals surface area contributed by atoms with E-state index in [1.54, 1.807) is 0 Å². The Hall–Kier alpha value is -1.23. The van der Waals surface area contributed by atoms with Gasteiger partial charge in [-0.2, -0.15) is 5.10 Å². The summed E-state index contributed by atoms with van der Waals surface area (Å²) in [6.45, 7) is 10.8. The molecule has 1 aromatic rings. The topological polar surface area (TPSA) is 59.1 Å². The second-order valence-electron chi connectivity index (χ2n) is 4.89. The Morgan fingerprint density at radius 2 is 1.95 bits per heavy atom. The molecule has 1 rings (SSSR count). The minimum absolute atomic E-state index is 0.812. The van der Waals surface area contributed by atoms with Crippen LogP contribution in [-0.4, -0.2) is 40.9 Å². The standard InChI is InChI=1S/C14H29N5/c1-5-9-12-13(15)14(18(4)17-12)16-10-8-11-19(6-2)7-3/h16H,5-11,15H2,1-4H3. The van der Waals surface area contributed by atoms with Gasteiger partial charge in [-0.15, -0.1) is 0 Å². The van der Waals surface area contributed by atoms with Gasteiger partial charge in [-0.05, 0) is 32.5 Å². The van der Waals surface area contributed by atoms with E-state index in [0.717, 1.165) is 62.6 Å². The maximum absolute atomic E-state index is 6.13. The zero-order valence-corrected chi connectivity index (χ0v) is 12.9. The van der Waals surface area contributed by atoms with Crippen molar-refractivity contribution in [1.82, 2.24) is 14.7 Å². The lowest BCUT2D eigenvalue weighted by atomic mass is 10.2. The van der Waals surface area contributed by atoms with Crippen molar-refractivity contribution in [2.24, 2.45) is 7.05 Å². The average Bonchev–Trinajstić information content (AvgIpc) is 2.66. The normalized spacial score (nSPS) is 11.2. The summed E-state index contributed by atoms with van der Waals surface area (Å²) in [5.74, 6) is 0.961. The van der Waals surface area contributed by atoms with Crippen LogP contribution in [0.1, 0.15) is 39.3 Å². The molecule has 110 valence electrons. The molecule has 0 atom stereocenters. The van der Waals surface area contributed by atoms with E-state index in [-0.39, 0.29) is 0 Å². The highest BCUT2D eigenvalue weighted by Gasteiger charge is 2.11. The van der Waals surface area contributed by atoms with Crippen molar-refractivity contribution in [3.8, 4) is 0 Å². The number of nitrogens with zero attached hydrogens (tertiary/aromatic N) is 3. The van der Waals surface area contributed by atoms with Gasteiger partial charge in [0.25, 0.3) is 0 Å². The summed E-state index contributed by atoms with van der Waals surface area (Å²) >= 11 is 0. The van der Waals surface area contributed by atoms with E-state index in [4.69, 9.17) is 5.73 Å². The molecule has 0 spiro atoms. The lowest BCUT2D eigenvalue weighted by molar-refractivity contribution is 0.303. The second-order valence-corrected chi connectivity index (χ2v) is 4.89. The Kier molecular flexibility index (Phi) is 6.70. The second kappa shape index (κ2) is 8.04. The summed E-state index contributed by atoms with van der Waals surface area (Å²) < 4.78 is 1.86. The minimum Gasteiger partial charge on any atom is -0.394 e. The molecular formula is C14H29N5. The van der Waals surface area contributed by atoms with Crippen LogP contribution in [0.5, 0.6) is 0 Å². The first-order valence-electron chi connectivity index (χ1n) is 7.41. The van der Waals surface area contributed by atoms with Crippen molar-refractivity contribution in [3.05, 3.63) is 5.69 Å². The quantitative estimate of drug-likeness (QED) is 0.673. The Balaban J connectivity index is 2.45. The van der Waals surface area contributed by atoms with Crippen LogP contribution in [0.4, 0.5) is 11.5 Å². The maximum atomic E-state index is 6.13. The monoisotopic (exact) mass is 267 g/mol. The molecule has 5 heteroatoms. The summed E-state index contributed by atoms with van der Waals surface area (Å²) in [6, 6.07) is 0. The third-order valence-electron chi connectivity index (χ3n) is 3.49. The predicted octanol–water partition coefficient (Wildman–Crippen LogP) is 2.10. The SMILES string of the molecule is CCCc1nn(C)c(NCCCN(CC)CC)c1N. The molecule has 0 radical (unpaired) electrons. The fourth-order valence-corrected chi connectivity index (χ4v) is 2.28. The van der Waals surface area contributed by atoms with Crippen LogP contribution in [0.3, 0.4) is 0 Å². The van der Waals surface area contributed by atoms with Crippen LogP contribution >= 0.6 is 0 Å². The van der Waals surface area contributed by atoms with E-state index in [0.29, 0.717) is 0 Å². The number of hydrogen-bond donors (Lipinski definition) is 2. The summed E-state index contributed by atoms with van der Waals surface area (Å²) in [4.78, 5) is 2.43. The number of nitrogen functional groups attached to an aromatic ring is 1. The molecular weight excluding hydrogens is 238 g/mol. The molecule has 0 fully saturated rings. The zero-order chi connectivity index (χ0) is 14.3. The minimum atomic E-state index is 0.812. The van der Waals surface area contributed by atoms with Crippen molar-refractivity contribution in [2.45, 2.75) is 40.0 Å². The number of aromatic nitrogens is 2. The molecule has 0 aliphatic carbocycles. The predicted molar refractivity (Wildman–Crippen MR) is 82.5 cm³/mol. The van der Waals surface area contributed by atoms with Gasteiger partial charge in [0.2, 0.25) is 0 Å². The van der Waals surface area contributed by atoms with Crippen LogP contribution in [0.2, 0.25) is 0 Å².